The maximum atomic E-state index is 4.70. The van der Waals surface area contributed by atoms with Gasteiger partial charge in [0.1, 0.15) is 5.84 Å². The van der Waals surface area contributed by atoms with Crippen LogP contribution >= 0.6 is 0 Å². The third-order valence-electron chi connectivity index (χ3n) is 3.61. The number of nitrogens with one attached hydrogen (secondary N) is 1. The zero-order valence-electron chi connectivity index (χ0n) is 12.5. The number of benzene rings is 1. The molecule has 0 bridgehead atoms. The van der Waals surface area contributed by atoms with E-state index in [-0.39, 0.29) is 0 Å². The second-order valence-electron chi connectivity index (χ2n) is 5.90. The van der Waals surface area contributed by atoms with Gasteiger partial charge in [0.2, 0.25) is 0 Å². The normalized spacial score (nSPS) is 19.4. The Hall–Kier alpha value is -1.35. The SMILES string of the molecule is Cc1ccc(NC2=NCC(CN(C)C)CC2)c(C)c1. The van der Waals surface area contributed by atoms with Gasteiger partial charge >= 0.3 is 0 Å². The molecule has 0 saturated heterocycles. The number of nitrogens with zero attached hydrogens (tertiary/aromatic N) is 2. The fraction of sp³-hybridized carbons (Fsp3) is 0.562. The van der Waals surface area contributed by atoms with Crippen LogP contribution in [0.2, 0.25) is 0 Å². The summed E-state index contributed by atoms with van der Waals surface area (Å²) in [5.74, 6) is 1.85. The Labute approximate surface area is 116 Å². The van der Waals surface area contributed by atoms with Gasteiger partial charge in [0.05, 0.1) is 0 Å². The summed E-state index contributed by atoms with van der Waals surface area (Å²) in [6, 6.07) is 6.51. The molecule has 0 aromatic heterocycles. The second-order valence-corrected chi connectivity index (χ2v) is 5.90. The van der Waals surface area contributed by atoms with Crippen LogP contribution in [0.1, 0.15) is 24.0 Å². The summed E-state index contributed by atoms with van der Waals surface area (Å²) in [7, 11) is 4.26. The lowest BCUT2D eigenvalue weighted by Crippen LogP contribution is -2.29. The predicted molar refractivity (Wildman–Crippen MR) is 83.1 cm³/mol. The van der Waals surface area contributed by atoms with Gasteiger partial charge in [-0.2, -0.15) is 0 Å². The predicted octanol–water partition coefficient (Wildman–Crippen LogP) is 3.09. The topological polar surface area (TPSA) is 27.6 Å². The molecule has 1 N–H and O–H groups in total. The molecule has 104 valence electrons. The quantitative estimate of drug-likeness (QED) is 0.903. The standard InChI is InChI=1S/C16H25N3/c1-12-5-7-15(13(2)9-12)18-16-8-6-14(10-17-16)11-19(3)4/h5,7,9,14H,6,8,10-11H2,1-4H3,(H,17,18). The van der Waals surface area contributed by atoms with Crippen LogP contribution in [0.5, 0.6) is 0 Å². The first kappa shape index (κ1) is 14.1. The number of hydrogen-bond donors (Lipinski definition) is 1. The fourth-order valence-electron chi connectivity index (χ4n) is 2.63. The molecule has 0 saturated carbocycles. The third-order valence-corrected chi connectivity index (χ3v) is 3.61. The second kappa shape index (κ2) is 6.20. The summed E-state index contributed by atoms with van der Waals surface area (Å²) >= 11 is 0. The molecule has 1 aliphatic heterocycles. The lowest BCUT2D eigenvalue weighted by Gasteiger charge is -2.24. The molecule has 0 spiro atoms. The van der Waals surface area contributed by atoms with Crippen LogP contribution in [0.25, 0.3) is 0 Å². The molecular formula is C16H25N3. The van der Waals surface area contributed by atoms with Crippen LogP contribution in [0.3, 0.4) is 0 Å². The summed E-state index contributed by atoms with van der Waals surface area (Å²) in [6.07, 6.45) is 2.29. The fourth-order valence-corrected chi connectivity index (χ4v) is 2.63. The summed E-state index contributed by atoms with van der Waals surface area (Å²) in [4.78, 5) is 6.95. The van der Waals surface area contributed by atoms with Crippen molar-refractivity contribution < 1.29 is 0 Å². The molecule has 0 aliphatic carbocycles. The molecule has 1 aromatic carbocycles. The molecular weight excluding hydrogens is 234 g/mol. The molecule has 1 heterocycles. The first-order valence-electron chi connectivity index (χ1n) is 7.07. The summed E-state index contributed by atoms with van der Waals surface area (Å²) in [5.41, 5.74) is 3.79. The van der Waals surface area contributed by atoms with E-state index in [1.807, 2.05) is 0 Å². The third kappa shape index (κ3) is 4.06. The zero-order valence-corrected chi connectivity index (χ0v) is 12.5. The highest BCUT2D eigenvalue weighted by molar-refractivity contribution is 5.96. The van der Waals surface area contributed by atoms with Crippen molar-refractivity contribution in [2.45, 2.75) is 26.7 Å². The van der Waals surface area contributed by atoms with Crippen LogP contribution < -0.4 is 5.32 Å². The molecule has 0 radical (unpaired) electrons. The number of amidine groups is 1. The smallest absolute Gasteiger partial charge is 0.101 e. The molecule has 2 rings (SSSR count). The number of aryl methyl sites for hydroxylation is 2. The highest BCUT2D eigenvalue weighted by Gasteiger charge is 2.16. The van der Waals surface area contributed by atoms with Crippen molar-refractivity contribution in [3.05, 3.63) is 29.3 Å². The van der Waals surface area contributed by atoms with Gasteiger partial charge in [-0.05, 0) is 51.9 Å². The highest BCUT2D eigenvalue weighted by atomic mass is 15.1. The Kier molecular flexibility index (Phi) is 4.59. The van der Waals surface area contributed by atoms with E-state index in [1.54, 1.807) is 0 Å². The average Bonchev–Trinajstić information content (AvgIpc) is 2.34. The molecule has 0 amide bonds. The minimum atomic E-state index is 0.708. The maximum absolute atomic E-state index is 4.70. The van der Waals surface area contributed by atoms with Gasteiger partial charge in [-0.25, -0.2) is 0 Å². The largest absolute Gasteiger partial charge is 0.344 e. The highest BCUT2D eigenvalue weighted by Crippen LogP contribution is 2.20. The Morgan fingerprint density at radius 1 is 1.32 bits per heavy atom. The van der Waals surface area contributed by atoms with Crippen molar-refractivity contribution in [1.29, 1.82) is 0 Å². The molecule has 3 nitrogen and oxygen atoms in total. The first-order valence-corrected chi connectivity index (χ1v) is 7.07. The summed E-state index contributed by atoms with van der Waals surface area (Å²) < 4.78 is 0. The maximum Gasteiger partial charge on any atom is 0.101 e. The summed E-state index contributed by atoms with van der Waals surface area (Å²) in [5, 5.41) is 3.49. The molecule has 1 atom stereocenters. The van der Waals surface area contributed by atoms with Gasteiger partial charge < -0.3 is 10.2 Å². The lowest BCUT2D eigenvalue weighted by atomic mass is 9.99. The minimum absolute atomic E-state index is 0.708. The van der Waals surface area contributed by atoms with Gasteiger partial charge in [0.15, 0.2) is 0 Å². The Balaban J connectivity index is 1.95. The Bertz CT molecular complexity index is 463. The number of aliphatic imine (C=N–C) groups is 1. The van der Waals surface area contributed by atoms with Gasteiger partial charge in [-0.3, -0.25) is 4.99 Å². The number of hydrogen-bond acceptors (Lipinski definition) is 3. The van der Waals surface area contributed by atoms with E-state index in [0.717, 1.165) is 25.3 Å². The first-order chi connectivity index (χ1) is 9.04. The zero-order chi connectivity index (χ0) is 13.8. The van der Waals surface area contributed by atoms with E-state index in [2.05, 4.69) is 56.4 Å². The van der Waals surface area contributed by atoms with Gasteiger partial charge in [-0.15, -0.1) is 0 Å². The van der Waals surface area contributed by atoms with E-state index < -0.39 is 0 Å². The van der Waals surface area contributed by atoms with Gasteiger partial charge in [0, 0.05) is 25.2 Å². The van der Waals surface area contributed by atoms with E-state index in [9.17, 15) is 0 Å². The van der Waals surface area contributed by atoms with Gasteiger partial charge in [-0.1, -0.05) is 17.7 Å². The van der Waals surface area contributed by atoms with Crippen LogP contribution in [0.4, 0.5) is 5.69 Å². The van der Waals surface area contributed by atoms with Crippen LogP contribution in [0, 0.1) is 19.8 Å². The molecule has 3 heteroatoms. The Morgan fingerprint density at radius 2 is 2.11 bits per heavy atom. The van der Waals surface area contributed by atoms with Crippen molar-refractivity contribution in [2.75, 3.05) is 32.5 Å². The Morgan fingerprint density at radius 3 is 2.68 bits per heavy atom. The number of rotatable bonds is 3. The molecule has 1 aliphatic rings. The molecule has 1 aromatic rings. The number of anilines is 1. The molecule has 1 unspecified atom stereocenters. The van der Waals surface area contributed by atoms with Crippen molar-refractivity contribution in [3.8, 4) is 0 Å². The van der Waals surface area contributed by atoms with Crippen LogP contribution in [-0.4, -0.2) is 37.9 Å². The van der Waals surface area contributed by atoms with E-state index in [0.29, 0.717) is 5.92 Å². The van der Waals surface area contributed by atoms with E-state index in [1.165, 1.54) is 23.2 Å². The molecule has 19 heavy (non-hydrogen) atoms. The van der Waals surface area contributed by atoms with Crippen molar-refractivity contribution in [3.63, 3.8) is 0 Å². The van der Waals surface area contributed by atoms with Crippen LogP contribution in [0.15, 0.2) is 23.2 Å². The van der Waals surface area contributed by atoms with Crippen molar-refractivity contribution in [1.82, 2.24) is 4.90 Å². The molecule has 0 fully saturated rings. The minimum Gasteiger partial charge on any atom is -0.344 e. The van der Waals surface area contributed by atoms with E-state index >= 15 is 0 Å². The van der Waals surface area contributed by atoms with Gasteiger partial charge in [0.25, 0.3) is 0 Å². The van der Waals surface area contributed by atoms with E-state index in [4.69, 9.17) is 4.99 Å². The van der Waals surface area contributed by atoms with Crippen molar-refractivity contribution >= 4 is 11.5 Å². The van der Waals surface area contributed by atoms with Crippen LogP contribution in [-0.2, 0) is 0 Å². The summed E-state index contributed by atoms with van der Waals surface area (Å²) in [6.45, 7) is 6.36. The monoisotopic (exact) mass is 259 g/mol. The van der Waals surface area contributed by atoms with Crippen molar-refractivity contribution in [2.24, 2.45) is 10.9 Å². The average molecular weight is 259 g/mol. The lowest BCUT2D eigenvalue weighted by molar-refractivity contribution is 0.315.